The fraction of sp³-hybridized carbons (Fsp3) is 0.545. The van der Waals surface area contributed by atoms with Crippen molar-refractivity contribution in [2.45, 2.75) is 19.4 Å². The van der Waals surface area contributed by atoms with Crippen molar-refractivity contribution >= 4 is 5.97 Å². The van der Waals surface area contributed by atoms with Crippen LogP contribution >= 0.6 is 0 Å². The SMILES string of the molecule is CCc1nc(C2COCCO2)ncc1C(=O)O. The number of carbonyl (C=O) groups is 1. The highest BCUT2D eigenvalue weighted by Crippen LogP contribution is 2.18. The summed E-state index contributed by atoms with van der Waals surface area (Å²) in [5.74, 6) is -0.513. The van der Waals surface area contributed by atoms with E-state index in [0.717, 1.165) is 0 Å². The number of carboxylic acids is 1. The lowest BCUT2D eigenvalue weighted by atomic mass is 10.2. The van der Waals surface area contributed by atoms with E-state index in [1.54, 1.807) is 0 Å². The van der Waals surface area contributed by atoms with Gasteiger partial charge in [0.2, 0.25) is 0 Å². The highest BCUT2D eigenvalue weighted by atomic mass is 16.6. The smallest absolute Gasteiger partial charge is 0.339 e. The number of aromatic nitrogens is 2. The molecule has 1 aliphatic heterocycles. The van der Waals surface area contributed by atoms with E-state index in [-0.39, 0.29) is 11.7 Å². The summed E-state index contributed by atoms with van der Waals surface area (Å²) in [4.78, 5) is 19.2. The van der Waals surface area contributed by atoms with Gasteiger partial charge in [-0.25, -0.2) is 14.8 Å². The van der Waals surface area contributed by atoms with Gasteiger partial charge in [0.05, 0.1) is 31.1 Å². The summed E-state index contributed by atoms with van der Waals surface area (Å²) in [6, 6.07) is 0. The largest absolute Gasteiger partial charge is 0.478 e. The molecule has 0 bridgehead atoms. The molecule has 2 heterocycles. The van der Waals surface area contributed by atoms with Crippen LogP contribution in [0.15, 0.2) is 6.20 Å². The number of aryl methyl sites for hydroxylation is 1. The summed E-state index contributed by atoms with van der Waals surface area (Å²) in [6.07, 6.45) is 1.59. The maximum Gasteiger partial charge on any atom is 0.339 e. The molecule has 0 radical (unpaired) electrons. The topological polar surface area (TPSA) is 81.5 Å². The molecule has 2 rings (SSSR count). The van der Waals surface area contributed by atoms with E-state index >= 15 is 0 Å². The molecule has 0 spiro atoms. The van der Waals surface area contributed by atoms with E-state index in [1.165, 1.54) is 6.20 Å². The molecule has 1 atom stereocenters. The second-order valence-corrected chi connectivity index (χ2v) is 3.68. The Morgan fingerprint density at radius 1 is 1.59 bits per heavy atom. The highest BCUT2D eigenvalue weighted by molar-refractivity contribution is 5.88. The Hall–Kier alpha value is -1.53. The number of ether oxygens (including phenoxy) is 2. The molecule has 1 fully saturated rings. The van der Waals surface area contributed by atoms with Crippen LogP contribution in [0.2, 0.25) is 0 Å². The first-order valence-electron chi connectivity index (χ1n) is 5.50. The molecule has 1 aliphatic rings. The summed E-state index contributed by atoms with van der Waals surface area (Å²) in [6.45, 7) is 3.35. The van der Waals surface area contributed by atoms with E-state index in [4.69, 9.17) is 14.6 Å². The minimum Gasteiger partial charge on any atom is -0.478 e. The molecular weight excluding hydrogens is 224 g/mol. The van der Waals surface area contributed by atoms with Gasteiger partial charge >= 0.3 is 5.97 Å². The van der Waals surface area contributed by atoms with E-state index in [9.17, 15) is 4.79 Å². The van der Waals surface area contributed by atoms with Gasteiger partial charge in [-0.15, -0.1) is 0 Å². The Morgan fingerprint density at radius 3 is 3.00 bits per heavy atom. The summed E-state index contributed by atoms with van der Waals surface area (Å²) in [7, 11) is 0. The first kappa shape index (κ1) is 11.9. The molecule has 1 unspecified atom stereocenters. The maximum atomic E-state index is 10.9. The lowest BCUT2D eigenvalue weighted by Crippen LogP contribution is -2.24. The van der Waals surface area contributed by atoms with Crippen LogP contribution in [-0.4, -0.2) is 40.9 Å². The van der Waals surface area contributed by atoms with E-state index < -0.39 is 5.97 Å². The van der Waals surface area contributed by atoms with E-state index in [1.807, 2.05) is 6.92 Å². The lowest BCUT2D eigenvalue weighted by molar-refractivity contribution is -0.0936. The van der Waals surface area contributed by atoms with Gasteiger partial charge in [-0.05, 0) is 6.42 Å². The minimum atomic E-state index is -1.01. The first-order chi connectivity index (χ1) is 8.22. The van der Waals surface area contributed by atoms with Gasteiger partial charge in [-0.1, -0.05) is 6.92 Å². The second kappa shape index (κ2) is 5.20. The third kappa shape index (κ3) is 2.59. The number of hydrogen-bond donors (Lipinski definition) is 1. The molecule has 0 aliphatic carbocycles. The van der Waals surface area contributed by atoms with Crippen molar-refractivity contribution in [3.8, 4) is 0 Å². The molecule has 1 saturated heterocycles. The fourth-order valence-corrected chi connectivity index (χ4v) is 1.67. The zero-order valence-electron chi connectivity index (χ0n) is 9.55. The zero-order chi connectivity index (χ0) is 12.3. The van der Waals surface area contributed by atoms with E-state index in [0.29, 0.717) is 37.8 Å². The van der Waals surface area contributed by atoms with Crippen LogP contribution in [0.3, 0.4) is 0 Å². The van der Waals surface area contributed by atoms with Crippen LogP contribution in [0.25, 0.3) is 0 Å². The molecule has 1 aromatic rings. The van der Waals surface area contributed by atoms with Crippen molar-refractivity contribution in [1.29, 1.82) is 0 Å². The number of aromatic carboxylic acids is 1. The fourth-order valence-electron chi connectivity index (χ4n) is 1.67. The van der Waals surface area contributed by atoms with Gasteiger partial charge in [-0.3, -0.25) is 0 Å². The summed E-state index contributed by atoms with van der Waals surface area (Å²) in [5.41, 5.74) is 0.671. The third-order valence-corrected chi connectivity index (χ3v) is 2.56. The van der Waals surface area contributed by atoms with Crippen molar-refractivity contribution in [2.75, 3.05) is 19.8 Å². The molecule has 0 saturated carbocycles. The van der Waals surface area contributed by atoms with Crippen LogP contribution < -0.4 is 0 Å². The zero-order valence-corrected chi connectivity index (χ0v) is 9.55. The van der Waals surface area contributed by atoms with Gasteiger partial charge in [0.15, 0.2) is 5.82 Å². The molecule has 0 amide bonds. The van der Waals surface area contributed by atoms with Crippen molar-refractivity contribution < 1.29 is 19.4 Å². The van der Waals surface area contributed by atoms with Gasteiger partial charge in [-0.2, -0.15) is 0 Å². The van der Waals surface area contributed by atoms with Crippen molar-refractivity contribution in [2.24, 2.45) is 0 Å². The standard InChI is InChI=1S/C11H14N2O4/c1-2-8-7(11(14)15)5-12-10(13-8)9-6-16-3-4-17-9/h5,9H,2-4,6H2,1H3,(H,14,15). The number of rotatable bonds is 3. The van der Waals surface area contributed by atoms with Gasteiger partial charge < -0.3 is 14.6 Å². The Balaban J connectivity index is 2.27. The predicted octanol–water partition coefficient (Wildman–Crippen LogP) is 0.825. The number of hydrogen-bond acceptors (Lipinski definition) is 5. The van der Waals surface area contributed by atoms with Crippen molar-refractivity contribution in [3.63, 3.8) is 0 Å². The minimum absolute atomic E-state index is 0.146. The van der Waals surface area contributed by atoms with E-state index in [2.05, 4.69) is 9.97 Å². The molecule has 17 heavy (non-hydrogen) atoms. The Morgan fingerprint density at radius 2 is 2.41 bits per heavy atom. The molecule has 6 heteroatoms. The summed E-state index contributed by atoms with van der Waals surface area (Å²) < 4.78 is 10.7. The molecule has 0 aromatic carbocycles. The molecule has 92 valence electrons. The van der Waals surface area contributed by atoms with Crippen LogP contribution in [0.5, 0.6) is 0 Å². The van der Waals surface area contributed by atoms with Crippen LogP contribution in [-0.2, 0) is 15.9 Å². The highest BCUT2D eigenvalue weighted by Gasteiger charge is 2.21. The van der Waals surface area contributed by atoms with Gasteiger partial charge in [0.1, 0.15) is 6.10 Å². The molecule has 6 nitrogen and oxygen atoms in total. The summed E-state index contributed by atoms with van der Waals surface area (Å²) >= 11 is 0. The average Bonchev–Trinajstić information content (AvgIpc) is 2.39. The molecular formula is C11H14N2O4. The second-order valence-electron chi connectivity index (χ2n) is 3.68. The number of nitrogens with zero attached hydrogens (tertiary/aromatic N) is 2. The van der Waals surface area contributed by atoms with Gasteiger partial charge in [0.25, 0.3) is 0 Å². The molecule has 1 aromatic heterocycles. The Labute approximate surface area is 98.6 Å². The Bertz CT molecular complexity index is 416. The lowest BCUT2D eigenvalue weighted by Gasteiger charge is -2.22. The third-order valence-electron chi connectivity index (χ3n) is 2.56. The first-order valence-corrected chi connectivity index (χ1v) is 5.50. The Kier molecular flexibility index (Phi) is 3.65. The van der Waals surface area contributed by atoms with Gasteiger partial charge in [0, 0.05) is 6.20 Å². The monoisotopic (exact) mass is 238 g/mol. The van der Waals surface area contributed by atoms with Crippen molar-refractivity contribution in [3.05, 3.63) is 23.3 Å². The summed E-state index contributed by atoms with van der Waals surface area (Å²) in [5, 5.41) is 8.96. The number of carboxylic acid groups (broad SMARTS) is 1. The molecule has 1 N–H and O–H groups in total. The quantitative estimate of drug-likeness (QED) is 0.839. The predicted molar refractivity (Wildman–Crippen MR) is 57.9 cm³/mol. The normalized spacial score (nSPS) is 20.2. The van der Waals surface area contributed by atoms with Crippen molar-refractivity contribution in [1.82, 2.24) is 9.97 Å². The maximum absolute atomic E-state index is 10.9. The average molecular weight is 238 g/mol. The van der Waals surface area contributed by atoms with Crippen LogP contribution in [0.4, 0.5) is 0 Å². The van der Waals surface area contributed by atoms with Crippen LogP contribution in [0, 0.1) is 0 Å². The van der Waals surface area contributed by atoms with Crippen LogP contribution in [0.1, 0.15) is 34.9 Å².